The van der Waals surface area contributed by atoms with E-state index in [1.54, 1.807) is 11.8 Å². The van der Waals surface area contributed by atoms with Gasteiger partial charge in [-0.15, -0.1) is 11.8 Å². The largest absolute Gasteiger partial charge is 0.486 e. The van der Waals surface area contributed by atoms with E-state index in [4.69, 9.17) is 9.47 Å². The highest BCUT2D eigenvalue weighted by Gasteiger charge is 2.13. The summed E-state index contributed by atoms with van der Waals surface area (Å²) in [6.07, 6.45) is 0.698. The zero-order valence-electron chi connectivity index (χ0n) is 15.0. The molecule has 2 aromatic carbocycles. The van der Waals surface area contributed by atoms with Crippen molar-refractivity contribution in [2.45, 2.75) is 19.1 Å². The van der Waals surface area contributed by atoms with Gasteiger partial charge in [0.05, 0.1) is 11.5 Å². The Morgan fingerprint density at radius 3 is 2.74 bits per heavy atom. The maximum absolute atomic E-state index is 12.1. The number of fused-ring (bicyclic) bond motifs is 1. The lowest BCUT2D eigenvalue weighted by molar-refractivity contribution is -0.118. The number of carbonyl (C=O) groups excluding carboxylic acids is 1. The molecule has 27 heavy (non-hydrogen) atoms. The second-order valence-electron chi connectivity index (χ2n) is 5.89. The van der Waals surface area contributed by atoms with Gasteiger partial charge in [0.2, 0.25) is 5.91 Å². The first-order chi connectivity index (χ1) is 13.2. The first-order valence-corrected chi connectivity index (χ1v) is 10.7. The Kier molecular flexibility index (Phi) is 7.18. The van der Waals surface area contributed by atoms with Crippen LogP contribution in [0.5, 0.6) is 11.5 Å². The summed E-state index contributed by atoms with van der Waals surface area (Å²) >= 11 is 5.07. The molecule has 0 aromatic heterocycles. The van der Waals surface area contributed by atoms with Crippen LogP contribution in [0.2, 0.25) is 0 Å². The molecular formula is C20H21BrN2O3S. The van der Waals surface area contributed by atoms with Crippen molar-refractivity contribution in [2.75, 3.05) is 19.0 Å². The van der Waals surface area contributed by atoms with E-state index >= 15 is 0 Å². The van der Waals surface area contributed by atoms with Crippen molar-refractivity contribution in [3.63, 3.8) is 0 Å². The number of thioether (sulfide) groups is 1. The Morgan fingerprint density at radius 1 is 1.19 bits per heavy atom. The van der Waals surface area contributed by atoms with E-state index in [9.17, 15) is 4.79 Å². The van der Waals surface area contributed by atoms with Crippen LogP contribution < -0.4 is 14.9 Å². The number of nitrogens with one attached hydrogen (secondary N) is 1. The average molecular weight is 449 g/mol. The fourth-order valence-corrected chi connectivity index (χ4v) is 4.04. The third-order valence-electron chi connectivity index (χ3n) is 3.97. The molecule has 0 radical (unpaired) electrons. The fourth-order valence-electron chi connectivity index (χ4n) is 2.60. The highest BCUT2D eigenvalue weighted by Crippen LogP contribution is 2.31. The highest BCUT2D eigenvalue weighted by molar-refractivity contribution is 9.10. The Balaban J connectivity index is 1.55. The van der Waals surface area contributed by atoms with Crippen LogP contribution in [0.15, 0.2) is 52.0 Å². The Bertz CT molecular complexity index is 842. The van der Waals surface area contributed by atoms with E-state index in [-0.39, 0.29) is 5.91 Å². The second kappa shape index (κ2) is 9.80. The molecule has 1 amide bonds. The van der Waals surface area contributed by atoms with Gasteiger partial charge in [0, 0.05) is 15.8 Å². The van der Waals surface area contributed by atoms with Gasteiger partial charge in [-0.25, -0.2) is 5.43 Å². The molecule has 0 fully saturated rings. The summed E-state index contributed by atoms with van der Waals surface area (Å²) in [6, 6.07) is 13.7. The van der Waals surface area contributed by atoms with Gasteiger partial charge in [-0.3, -0.25) is 4.79 Å². The van der Waals surface area contributed by atoms with Gasteiger partial charge < -0.3 is 9.47 Å². The first kappa shape index (κ1) is 19.8. The lowest BCUT2D eigenvalue weighted by Crippen LogP contribution is -2.22. The van der Waals surface area contributed by atoms with Crippen molar-refractivity contribution in [3.8, 4) is 11.5 Å². The summed E-state index contributed by atoms with van der Waals surface area (Å²) in [6.45, 7) is 3.11. The predicted molar refractivity (Wildman–Crippen MR) is 113 cm³/mol. The lowest BCUT2D eigenvalue weighted by atomic mass is 10.1. The van der Waals surface area contributed by atoms with Crippen LogP contribution in [-0.2, 0) is 10.5 Å². The van der Waals surface area contributed by atoms with E-state index in [0.29, 0.717) is 25.4 Å². The molecule has 3 rings (SSSR count). The van der Waals surface area contributed by atoms with Crippen molar-refractivity contribution in [3.05, 3.63) is 58.1 Å². The molecule has 0 aliphatic carbocycles. The standard InChI is InChI=1S/C20H21BrN2O3S/c1-2-17(14-7-8-18-19(11-14)26-10-9-25-18)22-23-20(24)13-27-12-15-5-3-4-6-16(15)21/h3-8,11H,2,9-10,12-13H2,1H3,(H,23,24)/b22-17-. The maximum Gasteiger partial charge on any atom is 0.250 e. The molecule has 0 bridgehead atoms. The van der Waals surface area contributed by atoms with Gasteiger partial charge in [0.1, 0.15) is 13.2 Å². The number of nitrogens with zero attached hydrogens (tertiary/aromatic N) is 1. The SMILES string of the molecule is CC/C(=N/NC(=O)CSCc1ccccc1Br)c1ccc2c(c1)OCCO2. The molecule has 2 aromatic rings. The zero-order valence-corrected chi connectivity index (χ0v) is 17.4. The van der Waals surface area contributed by atoms with Gasteiger partial charge >= 0.3 is 0 Å². The molecule has 7 heteroatoms. The van der Waals surface area contributed by atoms with Crippen molar-refractivity contribution >= 4 is 39.3 Å². The third kappa shape index (κ3) is 5.49. The van der Waals surface area contributed by atoms with E-state index in [1.807, 2.05) is 49.4 Å². The smallest absolute Gasteiger partial charge is 0.250 e. The number of hydrogen-bond acceptors (Lipinski definition) is 5. The van der Waals surface area contributed by atoms with Gasteiger partial charge in [-0.1, -0.05) is 41.1 Å². The van der Waals surface area contributed by atoms with Crippen molar-refractivity contribution in [1.82, 2.24) is 5.43 Å². The van der Waals surface area contributed by atoms with E-state index in [1.165, 1.54) is 5.56 Å². The zero-order chi connectivity index (χ0) is 19.1. The lowest BCUT2D eigenvalue weighted by Gasteiger charge is -2.19. The number of benzene rings is 2. The van der Waals surface area contributed by atoms with Gasteiger partial charge in [-0.05, 0) is 36.2 Å². The number of amides is 1. The predicted octanol–water partition coefficient (Wildman–Crippen LogP) is 4.38. The number of hydrazone groups is 1. The third-order valence-corrected chi connectivity index (χ3v) is 5.73. The maximum atomic E-state index is 12.1. The molecule has 142 valence electrons. The summed E-state index contributed by atoms with van der Waals surface area (Å²) in [7, 11) is 0. The van der Waals surface area contributed by atoms with Crippen LogP contribution in [-0.4, -0.2) is 30.6 Å². The normalized spacial score (nSPS) is 13.3. The van der Waals surface area contributed by atoms with Crippen LogP contribution in [0, 0.1) is 0 Å². The first-order valence-electron chi connectivity index (χ1n) is 8.74. The summed E-state index contributed by atoms with van der Waals surface area (Å²) in [5, 5.41) is 4.30. The van der Waals surface area contributed by atoms with E-state index in [0.717, 1.165) is 33.0 Å². The van der Waals surface area contributed by atoms with Gasteiger partial charge in [0.15, 0.2) is 11.5 Å². The molecule has 0 saturated heterocycles. The van der Waals surface area contributed by atoms with Crippen LogP contribution in [0.1, 0.15) is 24.5 Å². The van der Waals surface area contributed by atoms with Crippen LogP contribution >= 0.6 is 27.7 Å². The second-order valence-corrected chi connectivity index (χ2v) is 7.73. The summed E-state index contributed by atoms with van der Waals surface area (Å²) in [4.78, 5) is 12.1. The average Bonchev–Trinajstić information content (AvgIpc) is 2.70. The molecule has 1 N–H and O–H groups in total. The Morgan fingerprint density at radius 2 is 1.96 bits per heavy atom. The summed E-state index contributed by atoms with van der Waals surface area (Å²) in [5.74, 6) is 2.46. The van der Waals surface area contributed by atoms with Crippen LogP contribution in [0.3, 0.4) is 0 Å². The molecule has 1 aliphatic heterocycles. The van der Waals surface area contributed by atoms with Crippen LogP contribution in [0.25, 0.3) is 0 Å². The van der Waals surface area contributed by atoms with Crippen molar-refractivity contribution < 1.29 is 14.3 Å². The van der Waals surface area contributed by atoms with Gasteiger partial charge in [-0.2, -0.15) is 5.10 Å². The van der Waals surface area contributed by atoms with E-state index in [2.05, 4.69) is 26.5 Å². The quantitative estimate of drug-likeness (QED) is 0.504. The molecule has 0 atom stereocenters. The van der Waals surface area contributed by atoms with Crippen molar-refractivity contribution in [2.24, 2.45) is 5.10 Å². The Labute approximate surface area is 171 Å². The molecule has 0 unspecified atom stereocenters. The van der Waals surface area contributed by atoms with Gasteiger partial charge in [0.25, 0.3) is 0 Å². The molecule has 5 nitrogen and oxygen atoms in total. The highest BCUT2D eigenvalue weighted by atomic mass is 79.9. The van der Waals surface area contributed by atoms with Crippen molar-refractivity contribution in [1.29, 1.82) is 0 Å². The summed E-state index contributed by atoms with van der Waals surface area (Å²) in [5.41, 5.74) is 5.55. The number of halogens is 1. The fraction of sp³-hybridized carbons (Fsp3) is 0.300. The topological polar surface area (TPSA) is 59.9 Å². The number of rotatable bonds is 7. The van der Waals surface area contributed by atoms with E-state index < -0.39 is 0 Å². The number of hydrogen-bond donors (Lipinski definition) is 1. The van der Waals surface area contributed by atoms with Crippen LogP contribution in [0.4, 0.5) is 0 Å². The minimum atomic E-state index is -0.115. The summed E-state index contributed by atoms with van der Waals surface area (Å²) < 4.78 is 12.2. The molecule has 0 saturated carbocycles. The monoisotopic (exact) mass is 448 g/mol. The molecule has 1 aliphatic rings. The molecule has 0 spiro atoms. The number of ether oxygens (including phenoxy) is 2. The molecule has 1 heterocycles. The Hall–Kier alpha value is -1.99. The minimum absolute atomic E-state index is 0.115. The number of carbonyl (C=O) groups is 1. The minimum Gasteiger partial charge on any atom is -0.486 e. The molecular weight excluding hydrogens is 428 g/mol.